The standard InChI is InChI=1S/C17H17I2N3OS/c1-2-20-17(24)22-21-10-13-8-14(18)16(15(19)9-13)23-11-12-6-4-3-5-7-12/h3-10H,2,11H2,1H3,(H2,20,22,24)/b21-10-. The number of hydrogen-bond donors (Lipinski definition) is 2. The molecule has 4 nitrogen and oxygen atoms in total. The van der Waals surface area contributed by atoms with Gasteiger partial charge in [-0.05, 0) is 87.6 Å². The summed E-state index contributed by atoms with van der Waals surface area (Å²) in [4.78, 5) is 0. The number of benzene rings is 2. The van der Waals surface area contributed by atoms with E-state index in [0.717, 1.165) is 30.6 Å². The summed E-state index contributed by atoms with van der Waals surface area (Å²) in [6, 6.07) is 14.2. The maximum atomic E-state index is 5.98. The Labute approximate surface area is 174 Å². The monoisotopic (exact) mass is 565 g/mol. The third-order valence-electron chi connectivity index (χ3n) is 2.96. The van der Waals surface area contributed by atoms with Crippen LogP contribution in [0.2, 0.25) is 0 Å². The summed E-state index contributed by atoms with van der Waals surface area (Å²) in [7, 11) is 0. The third-order valence-corrected chi connectivity index (χ3v) is 4.80. The lowest BCUT2D eigenvalue weighted by Crippen LogP contribution is -2.31. The van der Waals surface area contributed by atoms with Crippen LogP contribution in [-0.4, -0.2) is 17.9 Å². The molecule has 0 unspecified atom stereocenters. The number of halogens is 2. The Morgan fingerprint density at radius 3 is 2.50 bits per heavy atom. The van der Waals surface area contributed by atoms with Crippen molar-refractivity contribution in [3.05, 3.63) is 60.7 Å². The van der Waals surface area contributed by atoms with Crippen molar-refractivity contribution in [3.8, 4) is 5.75 Å². The van der Waals surface area contributed by atoms with E-state index in [0.29, 0.717) is 11.7 Å². The number of nitrogens with zero attached hydrogens (tertiary/aromatic N) is 1. The van der Waals surface area contributed by atoms with Crippen molar-refractivity contribution in [2.75, 3.05) is 6.54 Å². The fraction of sp³-hybridized carbons (Fsp3) is 0.176. The van der Waals surface area contributed by atoms with Gasteiger partial charge in [0, 0.05) is 6.54 Å². The van der Waals surface area contributed by atoms with E-state index in [2.05, 4.69) is 73.2 Å². The molecule has 0 aromatic heterocycles. The highest BCUT2D eigenvalue weighted by Crippen LogP contribution is 2.29. The summed E-state index contributed by atoms with van der Waals surface area (Å²) in [5, 5.41) is 7.63. The van der Waals surface area contributed by atoms with Crippen molar-refractivity contribution in [1.82, 2.24) is 10.7 Å². The van der Waals surface area contributed by atoms with Gasteiger partial charge in [-0.15, -0.1) is 0 Å². The van der Waals surface area contributed by atoms with Gasteiger partial charge < -0.3 is 10.1 Å². The van der Waals surface area contributed by atoms with Crippen LogP contribution in [0.3, 0.4) is 0 Å². The van der Waals surface area contributed by atoms with Crippen molar-refractivity contribution in [3.63, 3.8) is 0 Å². The van der Waals surface area contributed by atoms with E-state index < -0.39 is 0 Å². The largest absolute Gasteiger partial charge is 0.487 e. The molecule has 2 N–H and O–H groups in total. The van der Waals surface area contributed by atoms with Crippen LogP contribution in [0.4, 0.5) is 0 Å². The van der Waals surface area contributed by atoms with Crippen LogP contribution in [-0.2, 0) is 6.61 Å². The molecule has 0 bridgehead atoms. The molecule has 0 saturated heterocycles. The number of hydrazone groups is 1. The van der Waals surface area contributed by atoms with Gasteiger partial charge in [-0.1, -0.05) is 30.3 Å². The molecule has 0 fully saturated rings. The molecule has 2 aromatic carbocycles. The average molecular weight is 565 g/mol. The van der Waals surface area contributed by atoms with Crippen molar-refractivity contribution >= 4 is 68.7 Å². The second-order valence-corrected chi connectivity index (χ2v) is 7.55. The van der Waals surface area contributed by atoms with Gasteiger partial charge in [0.25, 0.3) is 0 Å². The van der Waals surface area contributed by atoms with Crippen LogP contribution in [0.15, 0.2) is 47.6 Å². The molecule has 0 aliphatic heterocycles. The molecule has 0 aliphatic carbocycles. The molecule has 0 saturated carbocycles. The molecule has 0 amide bonds. The third kappa shape index (κ3) is 6.17. The van der Waals surface area contributed by atoms with Gasteiger partial charge in [-0.25, -0.2) is 0 Å². The van der Waals surface area contributed by atoms with E-state index in [1.54, 1.807) is 6.21 Å². The molecular formula is C17H17I2N3OS. The molecule has 0 heterocycles. The molecule has 7 heteroatoms. The summed E-state index contributed by atoms with van der Waals surface area (Å²) >= 11 is 9.63. The molecule has 0 spiro atoms. The molecule has 24 heavy (non-hydrogen) atoms. The van der Waals surface area contributed by atoms with Crippen LogP contribution in [0.25, 0.3) is 0 Å². The van der Waals surface area contributed by atoms with E-state index in [4.69, 9.17) is 17.0 Å². The van der Waals surface area contributed by atoms with Gasteiger partial charge in [0.2, 0.25) is 0 Å². The Balaban J connectivity index is 2.02. The van der Waals surface area contributed by atoms with E-state index in [9.17, 15) is 0 Å². The lowest BCUT2D eigenvalue weighted by molar-refractivity contribution is 0.302. The Morgan fingerprint density at radius 2 is 1.88 bits per heavy atom. The van der Waals surface area contributed by atoms with Crippen molar-refractivity contribution < 1.29 is 4.74 Å². The first-order valence-corrected chi connectivity index (χ1v) is 9.89. The SMILES string of the molecule is CCNC(=S)N/N=C\c1cc(I)c(OCc2ccccc2)c(I)c1. The summed E-state index contributed by atoms with van der Waals surface area (Å²) in [5.41, 5.74) is 4.92. The van der Waals surface area contributed by atoms with Crippen LogP contribution in [0.5, 0.6) is 5.75 Å². The summed E-state index contributed by atoms with van der Waals surface area (Å²) < 4.78 is 8.07. The van der Waals surface area contributed by atoms with Crippen LogP contribution in [0.1, 0.15) is 18.1 Å². The van der Waals surface area contributed by atoms with Crippen molar-refractivity contribution in [2.45, 2.75) is 13.5 Å². The van der Waals surface area contributed by atoms with Gasteiger partial charge in [0.05, 0.1) is 13.4 Å². The van der Waals surface area contributed by atoms with E-state index >= 15 is 0 Å². The number of rotatable bonds is 6. The van der Waals surface area contributed by atoms with Gasteiger partial charge in [0.15, 0.2) is 5.11 Å². The summed E-state index contributed by atoms with van der Waals surface area (Å²) in [5.74, 6) is 0.897. The Bertz CT molecular complexity index is 700. The fourth-order valence-corrected chi connectivity index (χ4v) is 4.21. The van der Waals surface area contributed by atoms with Gasteiger partial charge in [-0.2, -0.15) is 5.10 Å². The molecule has 126 valence electrons. The number of hydrogen-bond acceptors (Lipinski definition) is 3. The second kappa shape index (κ2) is 10.1. The minimum Gasteiger partial charge on any atom is -0.487 e. The van der Waals surface area contributed by atoms with Crippen LogP contribution in [0, 0.1) is 7.14 Å². The van der Waals surface area contributed by atoms with Crippen molar-refractivity contribution in [1.29, 1.82) is 0 Å². The highest BCUT2D eigenvalue weighted by molar-refractivity contribution is 14.1. The molecule has 2 rings (SSSR count). The Hall–Kier alpha value is -0.940. The Morgan fingerprint density at radius 1 is 1.21 bits per heavy atom. The molecule has 0 aliphatic rings. The topological polar surface area (TPSA) is 45.7 Å². The second-order valence-electron chi connectivity index (χ2n) is 4.82. The zero-order valence-corrected chi connectivity index (χ0v) is 18.2. The minimum atomic E-state index is 0.515. The van der Waals surface area contributed by atoms with Crippen molar-refractivity contribution in [2.24, 2.45) is 5.10 Å². The first-order valence-electron chi connectivity index (χ1n) is 7.32. The molecule has 0 radical (unpaired) electrons. The van der Waals surface area contributed by atoms with Gasteiger partial charge in [0.1, 0.15) is 12.4 Å². The van der Waals surface area contributed by atoms with Gasteiger partial charge in [-0.3, -0.25) is 5.43 Å². The Kier molecular flexibility index (Phi) is 8.19. The highest BCUT2D eigenvalue weighted by Gasteiger charge is 2.08. The molecule has 0 atom stereocenters. The van der Waals surface area contributed by atoms with E-state index in [-0.39, 0.29) is 0 Å². The smallest absolute Gasteiger partial charge is 0.186 e. The first-order chi connectivity index (χ1) is 11.6. The summed E-state index contributed by atoms with van der Waals surface area (Å²) in [6.07, 6.45) is 1.74. The van der Waals surface area contributed by atoms with E-state index in [1.165, 1.54) is 0 Å². The normalized spacial score (nSPS) is 10.6. The predicted octanol–water partition coefficient (Wildman–Crippen LogP) is 4.29. The zero-order chi connectivity index (χ0) is 17.4. The lowest BCUT2D eigenvalue weighted by Gasteiger charge is -2.11. The molecule has 2 aromatic rings. The number of nitrogens with one attached hydrogen (secondary N) is 2. The maximum Gasteiger partial charge on any atom is 0.186 e. The number of ether oxygens (including phenoxy) is 1. The predicted molar refractivity (Wildman–Crippen MR) is 120 cm³/mol. The quantitative estimate of drug-likeness (QED) is 0.238. The first kappa shape index (κ1) is 19.4. The van der Waals surface area contributed by atoms with Crippen LogP contribution < -0.4 is 15.5 Å². The van der Waals surface area contributed by atoms with E-state index in [1.807, 2.05) is 37.3 Å². The minimum absolute atomic E-state index is 0.515. The zero-order valence-electron chi connectivity index (χ0n) is 13.1. The molecular weight excluding hydrogens is 548 g/mol. The summed E-state index contributed by atoms with van der Waals surface area (Å²) in [6.45, 7) is 3.31. The lowest BCUT2D eigenvalue weighted by atomic mass is 10.2. The highest BCUT2D eigenvalue weighted by atomic mass is 127. The maximum absolute atomic E-state index is 5.98. The fourth-order valence-electron chi connectivity index (χ4n) is 1.89. The number of thiocarbonyl (C=S) groups is 1. The average Bonchev–Trinajstić information content (AvgIpc) is 2.55. The van der Waals surface area contributed by atoms with Gasteiger partial charge >= 0.3 is 0 Å². The van der Waals surface area contributed by atoms with Crippen LogP contribution >= 0.6 is 57.4 Å².